The van der Waals surface area contributed by atoms with Gasteiger partial charge in [-0.2, -0.15) is 5.10 Å². The summed E-state index contributed by atoms with van der Waals surface area (Å²) in [5, 5.41) is 3.79. The normalized spacial score (nSPS) is 10.6. The summed E-state index contributed by atoms with van der Waals surface area (Å²) in [6, 6.07) is 7.73. The van der Waals surface area contributed by atoms with Crippen LogP contribution >= 0.6 is 15.9 Å². The highest BCUT2D eigenvalue weighted by Crippen LogP contribution is 2.15. The summed E-state index contributed by atoms with van der Waals surface area (Å²) in [6.45, 7) is 0. The molecule has 0 spiro atoms. The van der Waals surface area contributed by atoms with Crippen LogP contribution in [0.1, 0.15) is 15.9 Å². The zero-order valence-corrected chi connectivity index (χ0v) is 11.3. The van der Waals surface area contributed by atoms with Gasteiger partial charge in [0.25, 0.3) is 5.91 Å². The monoisotopic (exact) mass is 321 g/mol. The van der Waals surface area contributed by atoms with Gasteiger partial charge in [0.15, 0.2) is 0 Å². The highest BCUT2D eigenvalue weighted by molar-refractivity contribution is 9.10. The Kier molecular flexibility index (Phi) is 4.35. The number of aromatic nitrogens is 1. The van der Waals surface area contributed by atoms with Gasteiger partial charge in [-0.1, -0.05) is 6.07 Å². The minimum atomic E-state index is -0.356. The standard InChI is InChI=1S/C13H9BrFN3O/c14-11-6-9(3-4-12(11)15)7-17-18-13(19)10-2-1-5-16-8-10/h1-8H,(H,18,19)/b17-7-. The fourth-order valence-corrected chi connectivity index (χ4v) is 1.72. The van der Waals surface area contributed by atoms with Crippen LogP contribution in [0.15, 0.2) is 52.3 Å². The number of hydrogen-bond acceptors (Lipinski definition) is 3. The van der Waals surface area contributed by atoms with Crippen LogP contribution in [0.4, 0.5) is 4.39 Å². The summed E-state index contributed by atoms with van der Waals surface area (Å²) in [5.41, 5.74) is 3.45. The van der Waals surface area contributed by atoms with Crippen LogP contribution < -0.4 is 5.43 Å². The summed E-state index contributed by atoms with van der Waals surface area (Å²) in [5.74, 6) is -0.706. The van der Waals surface area contributed by atoms with Gasteiger partial charge in [-0.3, -0.25) is 9.78 Å². The Morgan fingerprint density at radius 1 is 1.42 bits per heavy atom. The molecule has 0 aliphatic rings. The van der Waals surface area contributed by atoms with Crippen molar-refractivity contribution in [1.29, 1.82) is 0 Å². The second kappa shape index (κ2) is 6.19. The minimum absolute atomic E-state index is 0.343. The van der Waals surface area contributed by atoms with Crippen LogP contribution in [-0.2, 0) is 0 Å². The van der Waals surface area contributed by atoms with Crippen molar-refractivity contribution in [1.82, 2.24) is 10.4 Å². The van der Waals surface area contributed by atoms with Crippen molar-refractivity contribution in [3.63, 3.8) is 0 Å². The van der Waals surface area contributed by atoms with Crippen molar-refractivity contribution in [2.45, 2.75) is 0 Å². The first-order chi connectivity index (χ1) is 9.16. The Balaban J connectivity index is 2.00. The second-order valence-electron chi connectivity index (χ2n) is 3.61. The maximum absolute atomic E-state index is 13.0. The van der Waals surface area contributed by atoms with Crippen LogP contribution in [0.2, 0.25) is 0 Å². The van der Waals surface area contributed by atoms with Crippen molar-refractivity contribution >= 4 is 28.1 Å². The van der Waals surface area contributed by atoms with E-state index in [1.807, 2.05) is 0 Å². The second-order valence-corrected chi connectivity index (χ2v) is 4.47. The SMILES string of the molecule is O=C(N/N=C\c1ccc(F)c(Br)c1)c1cccnc1. The predicted molar refractivity (Wildman–Crippen MR) is 73.4 cm³/mol. The van der Waals surface area contributed by atoms with Crippen LogP contribution in [0, 0.1) is 5.82 Å². The lowest BCUT2D eigenvalue weighted by atomic mass is 10.2. The van der Waals surface area contributed by atoms with E-state index in [0.717, 1.165) is 0 Å². The molecule has 1 amide bonds. The number of halogens is 2. The maximum atomic E-state index is 13.0. The first-order valence-electron chi connectivity index (χ1n) is 5.35. The Hall–Kier alpha value is -2.08. The van der Waals surface area contributed by atoms with E-state index >= 15 is 0 Å². The summed E-state index contributed by atoms with van der Waals surface area (Å²) < 4.78 is 13.3. The molecule has 1 aromatic carbocycles. The highest BCUT2D eigenvalue weighted by atomic mass is 79.9. The van der Waals surface area contributed by atoms with E-state index < -0.39 is 0 Å². The Labute approximate surface area is 117 Å². The summed E-state index contributed by atoms with van der Waals surface area (Å²) in [6.07, 6.45) is 4.45. The number of amides is 1. The number of pyridine rings is 1. The van der Waals surface area contributed by atoms with Gasteiger partial charge < -0.3 is 0 Å². The number of carbonyl (C=O) groups excluding carboxylic acids is 1. The summed E-state index contributed by atoms with van der Waals surface area (Å²) in [4.78, 5) is 15.5. The molecule has 4 nitrogen and oxygen atoms in total. The Bertz CT molecular complexity index is 617. The topological polar surface area (TPSA) is 54.4 Å². The first kappa shape index (κ1) is 13.4. The van der Waals surface area contributed by atoms with Gasteiger partial charge in [0.05, 0.1) is 16.3 Å². The molecule has 1 N–H and O–H groups in total. The lowest BCUT2D eigenvalue weighted by Gasteiger charge is -1.99. The zero-order valence-electron chi connectivity index (χ0n) is 9.68. The number of carbonyl (C=O) groups is 1. The molecule has 0 unspecified atom stereocenters. The Morgan fingerprint density at radius 3 is 2.95 bits per heavy atom. The smallest absolute Gasteiger partial charge is 0.267 e. The van der Waals surface area contributed by atoms with Gasteiger partial charge in [0.1, 0.15) is 5.82 Å². The van der Waals surface area contributed by atoms with Gasteiger partial charge >= 0.3 is 0 Å². The molecule has 2 aromatic rings. The number of nitrogens with one attached hydrogen (secondary N) is 1. The molecule has 19 heavy (non-hydrogen) atoms. The molecule has 0 saturated heterocycles. The van der Waals surface area contributed by atoms with Crippen molar-refractivity contribution in [2.75, 3.05) is 0 Å². The molecule has 2 rings (SSSR count). The molecule has 6 heteroatoms. The first-order valence-corrected chi connectivity index (χ1v) is 6.14. The van der Waals surface area contributed by atoms with Crippen molar-refractivity contribution in [3.05, 3.63) is 64.1 Å². The molecular formula is C13H9BrFN3O. The van der Waals surface area contributed by atoms with E-state index in [1.165, 1.54) is 18.5 Å². The average Bonchev–Trinajstić information content (AvgIpc) is 2.43. The molecule has 0 saturated carbocycles. The van der Waals surface area contributed by atoms with E-state index in [1.54, 1.807) is 30.5 Å². The molecule has 0 fully saturated rings. The number of benzene rings is 1. The molecule has 0 bridgehead atoms. The quantitative estimate of drug-likeness (QED) is 0.698. The molecular weight excluding hydrogens is 313 g/mol. The average molecular weight is 322 g/mol. The third kappa shape index (κ3) is 3.69. The van der Waals surface area contributed by atoms with Crippen LogP contribution in [0.5, 0.6) is 0 Å². The molecule has 96 valence electrons. The molecule has 0 atom stereocenters. The van der Waals surface area contributed by atoms with Crippen LogP contribution in [0.3, 0.4) is 0 Å². The number of hydrogen-bond donors (Lipinski definition) is 1. The van der Waals surface area contributed by atoms with Gasteiger partial charge in [0, 0.05) is 12.4 Å². The highest BCUT2D eigenvalue weighted by Gasteiger charge is 2.02. The molecule has 0 radical (unpaired) electrons. The lowest BCUT2D eigenvalue weighted by Crippen LogP contribution is -2.17. The number of nitrogens with zero attached hydrogens (tertiary/aromatic N) is 2. The fraction of sp³-hybridized carbons (Fsp3) is 0. The third-order valence-electron chi connectivity index (χ3n) is 2.25. The van der Waals surface area contributed by atoms with Gasteiger partial charge in [-0.05, 0) is 45.8 Å². The van der Waals surface area contributed by atoms with E-state index in [9.17, 15) is 9.18 Å². The van der Waals surface area contributed by atoms with E-state index in [2.05, 4.69) is 31.4 Å². The van der Waals surface area contributed by atoms with E-state index in [-0.39, 0.29) is 11.7 Å². The fourth-order valence-electron chi connectivity index (χ4n) is 1.32. The number of hydrazone groups is 1. The zero-order chi connectivity index (χ0) is 13.7. The van der Waals surface area contributed by atoms with Gasteiger partial charge in [-0.25, -0.2) is 9.82 Å². The van der Waals surface area contributed by atoms with Crippen molar-refractivity contribution in [3.8, 4) is 0 Å². The minimum Gasteiger partial charge on any atom is -0.267 e. The molecule has 1 heterocycles. The summed E-state index contributed by atoms with van der Waals surface area (Å²) in [7, 11) is 0. The van der Waals surface area contributed by atoms with Crippen LogP contribution in [0.25, 0.3) is 0 Å². The predicted octanol–water partition coefficient (Wildman–Crippen LogP) is 2.75. The van der Waals surface area contributed by atoms with Crippen molar-refractivity contribution in [2.24, 2.45) is 5.10 Å². The van der Waals surface area contributed by atoms with E-state index in [4.69, 9.17) is 0 Å². The summed E-state index contributed by atoms with van der Waals surface area (Å²) >= 11 is 3.07. The molecule has 1 aromatic heterocycles. The molecule has 0 aliphatic carbocycles. The molecule has 0 aliphatic heterocycles. The Morgan fingerprint density at radius 2 is 2.26 bits per heavy atom. The van der Waals surface area contributed by atoms with Gasteiger partial charge in [-0.15, -0.1) is 0 Å². The third-order valence-corrected chi connectivity index (χ3v) is 2.85. The van der Waals surface area contributed by atoms with Crippen LogP contribution in [-0.4, -0.2) is 17.1 Å². The lowest BCUT2D eigenvalue weighted by molar-refractivity contribution is 0.0955. The largest absolute Gasteiger partial charge is 0.272 e. The maximum Gasteiger partial charge on any atom is 0.272 e. The van der Waals surface area contributed by atoms with Crippen molar-refractivity contribution < 1.29 is 9.18 Å². The van der Waals surface area contributed by atoms with Gasteiger partial charge in [0.2, 0.25) is 0 Å². The van der Waals surface area contributed by atoms with E-state index in [0.29, 0.717) is 15.6 Å². The number of rotatable bonds is 3.